The normalized spacial score (nSPS) is 15.3. The highest BCUT2D eigenvalue weighted by Crippen LogP contribution is 2.38. The first-order valence-corrected chi connectivity index (χ1v) is 8.02. The van der Waals surface area contributed by atoms with Gasteiger partial charge in [-0.1, -0.05) is 42.0 Å². The van der Waals surface area contributed by atoms with E-state index in [0.29, 0.717) is 6.54 Å². The molecule has 2 aromatic carbocycles. The lowest BCUT2D eigenvalue weighted by Crippen LogP contribution is -2.43. The molecule has 0 saturated carbocycles. The van der Waals surface area contributed by atoms with Crippen LogP contribution in [0.15, 0.2) is 53.5 Å². The SMILES string of the molecule is Br.Cc1ccc(C(=O)CN2C3=NCCCN3c3ccccc32)cc1. The van der Waals surface area contributed by atoms with Gasteiger partial charge in [-0.2, -0.15) is 0 Å². The molecular weight excluding hydrogens is 366 g/mol. The highest BCUT2D eigenvalue weighted by atomic mass is 79.9. The number of anilines is 2. The first-order chi connectivity index (χ1) is 11.2. The van der Waals surface area contributed by atoms with Crippen molar-refractivity contribution in [2.45, 2.75) is 13.3 Å². The number of hydrogen-bond acceptors (Lipinski definition) is 4. The molecule has 0 aromatic heterocycles. The van der Waals surface area contributed by atoms with Crippen molar-refractivity contribution in [3.8, 4) is 0 Å². The summed E-state index contributed by atoms with van der Waals surface area (Å²) in [6, 6.07) is 16.0. The van der Waals surface area contributed by atoms with Crippen molar-refractivity contribution < 1.29 is 4.79 Å². The second kappa shape index (κ2) is 6.77. The molecule has 2 aliphatic rings. The van der Waals surface area contributed by atoms with Crippen molar-refractivity contribution in [3.05, 3.63) is 59.7 Å². The van der Waals surface area contributed by atoms with Crippen LogP contribution >= 0.6 is 17.0 Å². The van der Waals surface area contributed by atoms with Crippen molar-refractivity contribution in [2.75, 3.05) is 29.4 Å². The second-order valence-corrected chi connectivity index (χ2v) is 6.05. The lowest BCUT2D eigenvalue weighted by molar-refractivity contribution is 0.100. The highest BCUT2D eigenvalue weighted by Gasteiger charge is 2.34. The molecule has 0 radical (unpaired) electrons. The van der Waals surface area contributed by atoms with Gasteiger partial charge in [0.2, 0.25) is 5.96 Å². The lowest BCUT2D eigenvalue weighted by atomic mass is 10.1. The van der Waals surface area contributed by atoms with Crippen LogP contribution in [0.25, 0.3) is 0 Å². The third-order valence-corrected chi connectivity index (χ3v) is 4.41. The molecule has 4 nitrogen and oxygen atoms in total. The summed E-state index contributed by atoms with van der Waals surface area (Å²) in [6.07, 6.45) is 1.05. The summed E-state index contributed by atoms with van der Waals surface area (Å²) < 4.78 is 0. The van der Waals surface area contributed by atoms with Crippen LogP contribution < -0.4 is 9.80 Å². The number of ketones is 1. The molecule has 0 bridgehead atoms. The molecule has 0 unspecified atom stereocenters. The molecule has 2 aliphatic heterocycles. The van der Waals surface area contributed by atoms with Crippen molar-refractivity contribution in [3.63, 3.8) is 0 Å². The molecule has 24 heavy (non-hydrogen) atoms. The van der Waals surface area contributed by atoms with E-state index in [2.05, 4.69) is 26.9 Å². The Morgan fingerprint density at radius 2 is 1.79 bits per heavy atom. The number of Topliss-reactive ketones (excluding diaryl/α,β-unsaturated/α-hetero) is 1. The van der Waals surface area contributed by atoms with Gasteiger partial charge in [-0.3, -0.25) is 9.79 Å². The molecule has 0 saturated heterocycles. The third-order valence-electron chi connectivity index (χ3n) is 4.41. The van der Waals surface area contributed by atoms with Gasteiger partial charge in [0.25, 0.3) is 0 Å². The first-order valence-electron chi connectivity index (χ1n) is 8.02. The molecule has 0 atom stereocenters. The Bertz CT molecular complexity index is 785. The molecule has 2 aromatic rings. The summed E-state index contributed by atoms with van der Waals surface area (Å²) in [6.45, 7) is 4.15. The van der Waals surface area contributed by atoms with Crippen molar-refractivity contribution in [1.82, 2.24) is 0 Å². The molecule has 0 amide bonds. The fourth-order valence-electron chi connectivity index (χ4n) is 3.21. The Hall–Kier alpha value is -2.14. The number of nitrogens with zero attached hydrogens (tertiary/aromatic N) is 3. The zero-order chi connectivity index (χ0) is 15.8. The van der Waals surface area contributed by atoms with Gasteiger partial charge in [-0.25, -0.2) is 0 Å². The molecular formula is C19H20BrN3O. The molecule has 5 heteroatoms. The van der Waals surface area contributed by atoms with Crippen LogP contribution in [-0.4, -0.2) is 31.4 Å². The monoisotopic (exact) mass is 385 g/mol. The minimum atomic E-state index is 0. The van der Waals surface area contributed by atoms with E-state index in [9.17, 15) is 4.79 Å². The summed E-state index contributed by atoms with van der Waals surface area (Å²) in [7, 11) is 0. The number of hydrogen-bond donors (Lipinski definition) is 0. The Morgan fingerprint density at radius 1 is 1.08 bits per heavy atom. The number of aliphatic imine (C=N–C) groups is 1. The van der Waals surface area contributed by atoms with E-state index in [1.165, 1.54) is 0 Å². The van der Waals surface area contributed by atoms with Crippen LogP contribution in [-0.2, 0) is 0 Å². The van der Waals surface area contributed by atoms with Crippen molar-refractivity contribution in [2.24, 2.45) is 4.99 Å². The first kappa shape index (κ1) is 16.7. The van der Waals surface area contributed by atoms with Gasteiger partial charge in [0.05, 0.1) is 17.9 Å². The highest BCUT2D eigenvalue weighted by molar-refractivity contribution is 8.93. The number of fused-ring (bicyclic) bond motifs is 3. The van der Waals surface area contributed by atoms with Gasteiger partial charge in [0.15, 0.2) is 5.78 Å². The largest absolute Gasteiger partial charge is 0.310 e. The van der Waals surface area contributed by atoms with Crippen LogP contribution in [0, 0.1) is 6.92 Å². The van der Waals surface area contributed by atoms with Crippen LogP contribution in [0.3, 0.4) is 0 Å². The van der Waals surface area contributed by atoms with Gasteiger partial charge >= 0.3 is 0 Å². The van der Waals surface area contributed by atoms with Crippen LogP contribution in [0.5, 0.6) is 0 Å². The minimum absolute atomic E-state index is 0. The zero-order valence-corrected chi connectivity index (χ0v) is 15.3. The van der Waals surface area contributed by atoms with E-state index in [1.54, 1.807) is 0 Å². The molecule has 4 rings (SSSR count). The van der Waals surface area contributed by atoms with E-state index in [4.69, 9.17) is 0 Å². The molecule has 0 fully saturated rings. The van der Waals surface area contributed by atoms with Gasteiger partial charge in [-0.05, 0) is 25.5 Å². The quantitative estimate of drug-likeness (QED) is 0.752. The average molecular weight is 386 g/mol. The number of benzene rings is 2. The molecule has 0 spiro atoms. The average Bonchev–Trinajstić information content (AvgIpc) is 2.90. The number of para-hydroxylation sites is 2. The molecule has 0 N–H and O–H groups in total. The number of carbonyl (C=O) groups excluding carboxylic acids is 1. The Morgan fingerprint density at radius 3 is 2.54 bits per heavy atom. The van der Waals surface area contributed by atoms with Crippen LogP contribution in [0.2, 0.25) is 0 Å². The van der Waals surface area contributed by atoms with Crippen LogP contribution in [0.4, 0.5) is 11.4 Å². The maximum absolute atomic E-state index is 12.7. The maximum Gasteiger partial charge on any atom is 0.206 e. The lowest BCUT2D eigenvalue weighted by Gasteiger charge is -2.26. The van der Waals surface area contributed by atoms with Crippen molar-refractivity contribution >= 4 is 40.1 Å². The Balaban J connectivity index is 0.00000169. The standard InChI is InChI=1S/C19H19N3O.BrH/c1-14-7-9-15(10-8-14)18(23)13-22-17-6-3-2-5-16(17)21-12-4-11-20-19(21)22;/h2-3,5-10H,4,11-13H2,1H3;1H. The van der Waals surface area contributed by atoms with Crippen LogP contribution in [0.1, 0.15) is 22.3 Å². The predicted molar refractivity (Wildman–Crippen MR) is 104 cm³/mol. The minimum Gasteiger partial charge on any atom is -0.310 e. The van der Waals surface area contributed by atoms with Gasteiger partial charge in [-0.15, -0.1) is 17.0 Å². The fourth-order valence-corrected chi connectivity index (χ4v) is 3.21. The topological polar surface area (TPSA) is 35.9 Å². The van der Waals surface area contributed by atoms with Gasteiger partial charge in [0.1, 0.15) is 0 Å². The van der Waals surface area contributed by atoms with E-state index in [1.807, 2.05) is 43.3 Å². The van der Waals surface area contributed by atoms with Crippen molar-refractivity contribution in [1.29, 1.82) is 0 Å². The second-order valence-electron chi connectivity index (χ2n) is 6.05. The smallest absolute Gasteiger partial charge is 0.206 e. The number of halogens is 1. The van der Waals surface area contributed by atoms with E-state index < -0.39 is 0 Å². The summed E-state index contributed by atoms with van der Waals surface area (Å²) in [4.78, 5) is 21.6. The van der Waals surface area contributed by atoms with E-state index in [0.717, 1.165) is 48.0 Å². The van der Waals surface area contributed by atoms with Gasteiger partial charge < -0.3 is 9.80 Å². The van der Waals surface area contributed by atoms with Gasteiger partial charge in [0, 0.05) is 18.7 Å². The number of carbonyl (C=O) groups is 1. The molecule has 124 valence electrons. The van der Waals surface area contributed by atoms with E-state index in [-0.39, 0.29) is 22.8 Å². The number of guanidine groups is 1. The predicted octanol–water partition coefficient (Wildman–Crippen LogP) is 3.84. The Labute approximate surface area is 152 Å². The molecule has 2 heterocycles. The maximum atomic E-state index is 12.7. The summed E-state index contributed by atoms with van der Waals surface area (Å²) in [5, 5.41) is 0. The summed E-state index contributed by atoms with van der Waals surface area (Å²) in [5.74, 6) is 1.04. The number of rotatable bonds is 3. The zero-order valence-electron chi connectivity index (χ0n) is 13.6. The third kappa shape index (κ3) is 2.84. The molecule has 0 aliphatic carbocycles. The fraction of sp³-hybridized carbons (Fsp3) is 0.263. The summed E-state index contributed by atoms with van der Waals surface area (Å²) >= 11 is 0. The Kier molecular flexibility index (Phi) is 4.71. The van der Waals surface area contributed by atoms with E-state index >= 15 is 0 Å². The number of aryl methyl sites for hydroxylation is 1. The summed E-state index contributed by atoms with van der Waals surface area (Å²) in [5.41, 5.74) is 4.15.